The second-order valence-electron chi connectivity index (χ2n) is 7.44. The lowest BCUT2D eigenvalue weighted by Crippen LogP contribution is -2.44. The number of carboxylic acids is 1. The molecule has 0 aliphatic heterocycles. The van der Waals surface area contributed by atoms with Gasteiger partial charge in [-0.2, -0.15) is 4.72 Å². The second-order valence-corrected chi connectivity index (χ2v) is 9.56. The number of sulfonamides is 1. The Morgan fingerprint density at radius 2 is 1.55 bits per heavy atom. The summed E-state index contributed by atoms with van der Waals surface area (Å²) < 4.78 is 33.4. The summed E-state index contributed by atoms with van der Waals surface area (Å²) in [5.41, 5.74) is 0.891. The number of carboxylic acid groups (broad SMARTS) is 1. The normalized spacial score (nSPS) is 20.3. The Balaban J connectivity index is 1.56. The Morgan fingerprint density at radius 3 is 2.06 bits per heavy atom. The van der Waals surface area contributed by atoms with Crippen molar-refractivity contribution in [2.75, 3.05) is 7.11 Å². The van der Waals surface area contributed by atoms with Crippen molar-refractivity contribution in [1.29, 1.82) is 0 Å². The molecule has 2 N–H and O–H groups in total. The molecule has 0 spiro atoms. The molecule has 0 aromatic heterocycles. The Bertz CT molecular complexity index is 1210. The van der Waals surface area contributed by atoms with Crippen molar-refractivity contribution < 1.29 is 23.1 Å². The van der Waals surface area contributed by atoms with Crippen LogP contribution in [0.25, 0.3) is 11.1 Å². The molecule has 0 radical (unpaired) electrons. The number of nitrogens with one attached hydrogen (secondary N) is 1. The first-order valence-electron chi connectivity index (χ1n) is 9.52. The van der Waals surface area contributed by atoms with E-state index in [2.05, 4.69) is 4.72 Å². The molecular weight excluding hydrogens is 438 g/mol. The molecule has 0 amide bonds. The van der Waals surface area contributed by atoms with Crippen LogP contribution in [0.4, 0.5) is 0 Å². The van der Waals surface area contributed by atoms with Gasteiger partial charge >= 0.3 is 5.97 Å². The molecule has 1 aliphatic rings. The molecule has 0 heterocycles. The molecule has 1 aliphatic carbocycles. The van der Waals surface area contributed by atoms with E-state index in [1.165, 1.54) is 12.1 Å². The fourth-order valence-electron chi connectivity index (χ4n) is 3.66. The van der Waals surface area contributed by atoms with Crippen molar-refractivity contribution in [3.8, 4) is 16.9 Å². The molecule has 1 saturated carbocycles. The zero-order valence-corrected chi connectivity index (χ0v) is 18.2. The number of rotatable bonds is 7. The SMILES string of the molecule is COc1ccc(C2CC2(NS(=O)(=O)c2ccc(-c3ccc(Cl)cc3)cc2)C(=O)O)cc1. The minimum Gasteiger partial charge on any atom is -0.497 e. The highest BCUT2D eigenvalue weighted by atomic mass is 35.5. The maximum absolute atomic E-state index is 13.0. The summed E-state index contributed by atoms with van der Waals surface area (Å²) in [6, 6.07) is 20.4. The van der Waals surface area contributed by atoms with Crippen LogP contribution < -0.4 is 9.46 Å². The summed E-state index contributed by atoms with van der Waals surface area (Å²) in [6.45, 7) is 0. The summed E-state index contributed by atoms with van der Waals surface area (Å²) in [5.74, 6) is -1.01. The lowest BCUT2D eigenvalue weighted by Gasteiger charge is -2.16. The number of hydrogen-bond acceptors (Lipinski definition) is 4. The number of methoxy groups -OCH3 is 1. The number of hydrogen-bond donors (Lipinski definition) is 2. The molecule has 3 aromatic carbocycles. The third-order valence-corrected chi connectivity index (χ3v) is 7.30. The highest BCUT2D eigenvalue weighted by molar-refractivity contribution is 7.89. The summed E-state index contributed by atoms with van der Waals surface area (Å²) >= 11 is 5.91. The van der Waals surface area contributed by atoms with Gasteiger partial charge in [-0.15, -0.1) is 0 Å². The van der Waals surface area contributed by atoms with Crippen LogP contribution in [0.2, 0.25) is 5.02 Å². The number of ether oxygens (including phenoxy) is 1. The summed E-state index contributed by atoms with van der Waals surface area (Å²) in [4.78, 5) is 12.0. The fourth-order valence-corrected chi connectivity index (χ4v) is 5.19. The lowest BCUT2D eigenvalue weighted by atomic mass is 10.1. The second kappa shape index (κ2) is 8.00. The van der Waals surface area contributed by atoms with Gasteiger partial charge in [0.2, 0.25) is 10.0 Å². The Labute approximate surface area is 185 Å². The van der Waals surface area contributed by atoms with Gasteiger partial charge in [0.15, 0.2) is 0 Å². The van der Waals surface area contributed by atoms with Crippen LogP contribution in [-0.2, 0) is 14.8 Å². The van der Waals surface area contributed by atoms with Gasteiger partial charge in [0.1, 0.15) is 11.3 Å². The van der Waals surface area contributed by atoms with E-state index in [4.69, 9.17) is 16.3 Å². The van der Waals surface area contributed by atoms with E-state index in [0.717, 1.165) is 16.7 Å². The fraction of sp³-hybridized carbons (Fsp3) is 0.174. The van der Waals surface area contributed by atoms with Crippen molar-refractivity contribution in [3.05, 3.63) is 83.4 Å². The average molecular weight is 458 g/mol. The quantitative estimate of drug-likeness (QED) is 0.551. The van der Waals surface area contributed by atoms with Gasteiger partial charge in [-0.1, -0.05) is 48.0 Å². The predicted molar refractivity (Wildman–Crippen MR) is 118 cm³/mol. The number of halogens is 1. The van der Waals surface area contributed by atoms with Crippen LogP contribution in [0.15, 0.2) is 77.7 Å². The van der Waals surface area contributed by atoms with Crippen LogP contribution in [0, 0.1) is 0 Å². The average Bonchev–Trinajstić information content (AvgIpc) is 3.49. The molecule has 0 bridgehead atoms. The summed E-state index contributed by atoms with van der Waals surface area (Å²) in [6.07, 6.45) is 0.177. The van der Waals surface area contributed by atoms with Crippen LogP contribution in [-0.4, -0.2) is 32.1 Å². The third kappa shape index (κ3) is 4.17. The van der Waals surface area contributed by atoms with E-state index in [-0.39, 0.29) is 11.3 Å². The van der Waals surface area contributed by atoms with E-state index in [1.807, 2.05) is 12.1 Å². The predicted octanol–water partition coefficient (Wildman–Crippen LogP) is 4.30. The lowest BCUT2D eigenvalue weighted by molar-refractivity contribution is -0.140. The van der Waals surface area contributed by atoms with Crippen LogP contribution in [0.3, 0.4) is 0 Å². The highest BCUT2D eigenvalue weighted by Gasteiger charge is 2.63. The van der Waals surface area contributed by atoms with Crippen LogP contribution in [0.1, 0.15) is 17.9 Å². The first-order chi connectivity index (χ1) is 14.7. The number of benzene rings is 3. The van der Waals surface area contributed by atoms with Crippen LogP contribution in [0.5, 0.6) is 5.75 Å². The van der Waals surface area contributed by atoms with E-state index in [9.17, 15) is 18.3 Å². The zero-order chi connectivity index (χ0) is 22.2. The topological polar surface area (TPSA) is 92.7 Å². The minimum absolute atomic E-state index is 0.00576. The Morgan fingerprint density at radius 1 is 1.00 bits per heavy atom. The summed E-state index contributed by atoms with van der Waals surface area (Å²) in [7, 11) is -2.49. The van der Waals surface area contributed by atoms with Gasteiger partial charge in [0, 0.05) is 10.9 Å². The maximum Gasteiger partial charge on any atom is 0.325 e. The highest BCUT2D eigenvalue weighted by Crippen LogP contribution is 2.52. The first kappa shape index (κ1) is 21.4. The van der Waals surface area contributed by atoms with Gasteiger partial charge in [0.25, 0.3) is 0 Å². The minimum atomic E-state index is -4.04. The van der Waals surface area contributed by atoms with E-state index >= 15 is 0 Å². The van der Waals surface area contributed by atoms with E-state index < -0.39 is 27.4 Å². The molecule has 6 nitrogen and oxygen atoms in total. The molecule has 0 saturated heterocycles. The van der Waals surface area contributed by atoms with Crippen molar-refractivity contribution in [2.45, 2.75) is 22.8 Å². The maximum atomic E-state index is 13.0. The van der Waals surface area contributed by atoms with Crippen molar-refractivity contribution in [1.82, 2.24) is 4.72 Å². The molecule has 4 rings (SSSR count). The van der Waals surface area contributed by atoms with Gasteiger partial charge in [-0.3, -0.25) is 4.79 Å². The molecule has 1 fully saturated rings. The molecule has 3 aromatic rings. The summed E-state index contributed by atoms with van der Waals surface area (Å²) in [5, 5.41) is 10.4. The van der Waals surface area contributed by atoms with Gasteiger partial charge in [0.05, 0.1) is 12.0 Å². The largest absolute Gasteiger partial charge is 0.497 e. The Hall–Kier alpha value is -2.87. The molecule has 31 heavy (non-hydrogen) atoms. The molecule has 8 heteroatoms. The smallest absolute Gasteiger partial charge is 0.325 e. The van der Waals surface area contributed by atoms with E-state index in [1.54, 1.807) is 55.6 Å². The van der Waals surface area contributed by atoms with Crippen molar-refractivity contribution in [2.24, 2.45) is 0 Å². The Kier molecular flexibility index (Phi) is 5.51. The third-order valence-electron chi connectivity index (χ3n) is 5.52. The van der Waals surface area contributed by atoms with Gasteiger partial charge in [-0.25, -0.2) is 8.42 Å². The molecule has 2 atom stereocenters. The first-order valence-corrected chi connectivity index (χ1v) is 11.4. The number of carbonyl (C=O) groups is 1. The van der Waals surface area contributed by atoms with Gasteiger partial charge in [-0.05, 0) is 59.5 Å². The standard InChI is InChI=1S/C23H20ClNO5S/c1-30-19-10-4-17(5-11-19)21-14-23(21,22(26)27)25-31(28,29)20-12-6-16(7-13-20)15-2-8-18(24)9-3-15/h2-13,21,25H,14H2,1H3,(H,26,27). The molecule has 2 unspecified atom stereocenters. The zero-order valence-electron chi connectivity index (χ0n) is 16.6. The van der Waals surface area contributed by atoms with Crippen molar-refractivity contribution >= 4 is 27.6 Å². The number of aliphatic carboxylic acids is 1. The molecule has 160 valence electrons. The van der Waals surface area contributed by atoms with E-state index in [0.29, 0.717) is 10.8 Å². The van der Waals surface area contributed by atoms with Crippen LogP contribution >= 0.6 is 11.6 Å². The monoisotopic (exact) mass is 457 g/mol. The van der Waals surface area contributed by atoms with Crippen molar-refractivity contribution in [3.63, 3.8) is 0 Å². The molecular formula is C23H20ClNO5S. The van der Waals surface area contributed by atoms with Gasteiger partial charge < -0.3 is 9.84 Å².